The summed E-state index contributed by atoms with van der Waals surface area (Å²) in [5.74, 6) is 0.990. The molecule has 0 saturated carbocycles. The largest absolute Gasteiger partial charge is 0.476 e. The zero-order valence-electron chi connectivity index (χ0n) is 17.1. The monoisotopic (exact) mass is 408 g/mol. The Morgan fingerprint density at radius 3 is 2.97 bits per heavy atom. The fraction of sp³-hybridized carbons (Fsp3) is 0.409. The maximum Gasteiger partial charge on any atom is 0.320 e. The van der Waals surface area contributed by atoms with Gasteiger partial charge in [0.1, 0.15) is 5.82 Å². The molecule has 1 unspecified atom stereocenters. The van der Waals surface area contributed by atoms with Crippen molar-refractivity contribution in [2.45, 2.75) is 44.7 Å². The fourth-order valence-corrected chi connectivity index (χ4v) is 3.71. The average molecular weight is 409 g/mol. The molecular formula is C22H28N6O2. The molecule has 1 aromatic carbocycles. The van der Waals surface area contributed by atoms with Crippen LogP contribution < -0.4 is 20.7 Å². The predicted molar refractivity (Wildman–Crippen MR) is 117 cm³/mol. The summed E-state index contributed by atoms with van der Waals surface area (Å²) in [6.07, 6.45) is 6.36. The first-order valence-corrected chi connectivity index (χ1v) is 10.5. The Kier molecular flexibility index (Phi) is 6.44. The number of H-pyrrole nitrogens is 1. The number of hydrogen-bond donors (Lipinski definition) is 4. The molecule has 2 atom stereocenters. The number of rotatable bonds is 7. The lowest BCUT2D eigenvalue weighted by Crippen LogP contribution is -2.35. The molecule has 4 rings (SSSR count). The first-order valence-electron chi connectivity index (χ1n) is 10.5. The number of carbonyl (C=O) groups is 1. The standard InChI is InChI=1S/C22H28N6O2/c1-15(16-7-3-2-4-8-16)25-22(29)26-20-13-19-18(14-24-20)21(28-27-19)30-12-10-17-9-5-6-11-23-17/h2-4,7-8,13-15,17,23H,5-6,9-12H2,1H3,(H,27,28)(H2,24,25,26,29)/t15-,17?/m1/s1. The van der Waals surface area contributed by atoms with E-state index >= 15 is 0 Å². The average Bonchev–Trinajstić information content (AvgIpc) is 3.17. The Balaban J connectivity index is 1.32. The van der Waals surface area contributed by atoms with E-state index in [1.54, 1.807) is 12.3 Å². The molecule has 158 valence electrons. The Morgan fingerprint density at radius 2 is 2.17 bits per heavy atom. The number of aromatic amines is 1. The van der Waals surface area contributed by atoms with Crippen molar-refractivity contribution in [1.82, 2.24) is 25.8 Å². The van der Waals surface area contributed by atoms with Gasteiger partial charge in [0.05, 0.1) is 23.6 Å². The number of pyridine rings is 1. The molecule has 0 bridgehead atoms. The Hall–Kier alpha value is -3.13. The molecule has 0 radical (unpaired) electrons. The molecule has 2 aromatic heterocycles. The molecule has 2 amide bonds. The molecule has 30 heavy (non-hydrogen) atoms. The third-order valence-electron chi connectivity index (χ3n) is 5.42. The SMILES string of the molecule is C[C@@H](NC(=O)Nc1cc2[nH]nc(OCCC3CCCCN3)c2cn1)c1ccccc1. The lowest BCUT2D eigenvalue weighted by Gasteiger charge is -2.23. The van der Waals surface area contributed by atoms with Gasteiger partial charge in [0, 0.05) is 18.3 Å². The number of urea groups is 1. The zero-order valence-corrected chi connectivity index (χ0v) is 17.1. The summed E-state index contributed by atoms with van der Waals surface area (Å²) in [5.41, 5.74) is 1.80. The van der Waals surface area contributed by atoms with Crippen LogP contribution in [-0.4, -0.2) is 40.4 Å². The van der Waals surface area contributed by atoms with E-state index in [1.807, 2.05) is 37.3 Å². The van der Waals surface area contributed by atoms with Crippen LogP contribution in [0.1, 0.15) is 44.2 Å². The van der Waals surface area contributed by atoms with Crippen LogP contribution in [0.5, 0.6) is 5.88 Å². The Bertz CT molecular complexity index is 968. The molecule has 0 aliphatic carbocycles. The van der Waals surface area contributed by atoms with Gasteiger partial charge in [-0.1, -0.05) is 36.8 Å². The van der Waals surface area contributed by atoms with Gasteiger partial charge >= 0.3 is 6.03 Å². The summed E-state index contributed by atoms with van der Waals surface area (Å²) in [5, 5.41) is 17.2. The highest BCUT2D eigenvalue weighted by molar-refractivity contribution is 5.92. The van der Waals surface area contributed by atoms with Crippen LogP contribution in [0.25, 0.3) is 10.9 Å². The summed E-state index contributed by atoms with van der Waals surface area (Å²) in [4.78, 5) is 16.6. The van der Waals surface area contributed by atoms with E-state index in [4.69, 9.17) is 4.74 Å². The van der Waals surface area contributed by atoms with Crippen LogP contribution in [0, 0.1) is 0 Å². The summed E-state index contributed by atoms with van der Waals surface area (Å²) >= 11 is 0. The highest BCUT2D eigenvalue weighted by atomic mass is 16.5. The van der Waals surface area contributed by atoms with Gasteiger partial charge in [-0.15, -0.1) is 5.10 Å². The molecule has 4 N–H and O–H groups in total. The summed E-state index contributed by atoms with van der Waals surface area (Å²) in [6.45, 7) is 3.64. The number of carbonyl (C=O) groups excluding carboxylic acids is 1. The second kappa shape index (κ2) is 9.58. The number of anilines is 1. The van der Waals surface area contributed by atoms with E-state index in [-0.39, 0.29) is 12.1 Å². The van der Waals surface area contributed by atoms with E-state index in [1.165, 1.54) is 19.3 Å². The first kappa shape index (κ1) is 20.2. The summed E-state index contributed by atoms with van der Waals surface area (Å²) < 4.78 is 5.86. The minimum Gasteiger partial charge on any atom is -0.476 e. The minimum atomic E-state index is -0.311. The molecule has 1 aliphatic heterocycles. The van der Waals surface area contributed by atoms with Crippen molar-refractivity contribution in [3.63, 3.8) is 0 Å². The molecule has 0 spiro atoms. The number of fused-ring (bicyclic) bond motifs is 1. The van der Waals surface area contributed by atoms with Gasteiger partial charge in [-0.05, 0) is 38.3 Å². The van der Waals surface area contributed by atoms with Crippen LogP contribution in [0.4, 0.5) is 10.6 Å². The van der Waals surface area contributed by atoms with Gasteiger partial charge in [-0.2, -0.15) is 0 Å². The number of nitrogens with one attached hydrogen (secondary N) is 4. The normalized spacial score (nSPS) is 17.4. The van der Waals surface area contributed by atoms with Gasteiger partial charge in [0.25, 0.3) is 0 Å². The Morgan fingerprint density at radius 1 is 1.30 bits per heavy atom. The Labute approximate surface area is 175 Å². The van der Waals surface area contributed by atoms with E-state index in [2.05, 4.69) is 31.1 Å². The van der Waals surface area contributed by atoms with E-state index < -0.39 is 0 Å². The number of benzene rings is 1. The number of amides is 2. The van der Waals surface area contributed by atoms with Gasteiger partial charge in [-0.3, -0.25) is 10.4 Å². The third-order valence-corrected chi connectivity index (χ3v) is 5.42. The lowest BCUT2D eigenvalue weighted by molar-refractivity contribution is 0.249. The molecule has 3 aromatic rings. The smallest absolute Gasteiger partial charge is 0.320 e. The van der Waals surface area contributed by atoms with Crippen LogP contribution in [0.15, 0.2) is 42.6 Å². The van der Waals surface area contributed by atoms with Gasteiger partial charge in [0.15, 0.2) is 0 Å². The summed E-state index contributed by atoms with van der Waals surface area (Å²) in [7, 11) is 0. The van der Waals surface area contributed by atoms with Crippen LogP contribution in [-0.2, 0) is 0 Å². The molecule has 3 heterocycles. The van der Waals surface area contributed by atoms with Crippen LogP contribution in [0.2, 0.25) is 0 Å². The van der Waals surface area contributed by atoms with Gasteiger partial charge < -0.3 is 15.4 Å². The topological polar surface area (TPSA) is 104 Å². The molecule has 8 heteroatoms. The zero-order chi connectivity index (χ0) is 20.8. The lowest BCUT2D eigenvalue weighted by atomic mass is 10.0. The molecular weight excluding hydrogens is 380 g/mol. The molecule has 1 aliphatic rings. The molecule has 8 nitrogen and oxygen atoms in total. The van der Waals surface area contributed by atoms with E-state index in [9.17, 15) is 4.79 Å². The first-order chi connectivity index (χ1) is 14.7. The maximum absolute atomic E-state index is 12.3. The second-order valence-corrected chi connectivity index (χ2v) is 7.66. The van der Waals surface area contributed by atoms with Crippen molar-refractivity contribution in [3.8, 4) is 5.88 Å². The molecule has 1 saturated heterocycles. The van der Waals surface area contributed by atoms with Crippen molar-refractivity contribution >= 4 is 22.8 Å². The number of hydrogen-bond acceptors (Lipinski definition) is 5. The molecule has 1 fully saturated rings. The highest BCUT2D eigenvalue weighted by Gasteiger charge is 2.15. The number of piperidine rings is 1. The van der Waals surface area contributed by atoms with E-state index in [0.717, 1.165) is 29.4 Å². The fourth-order valence-electron chi connectivity index (χ4n) is 3.71. The van der Waals surface area contributed by atoms with Crippen LogP contribution in [0.3, 0.4) is 0 Å². The second-order valence-electron chi connectivity index (χ2n) is 7.66. The maximum atomic E-state index is 12.3. The quantitative estimate of drug-likeness (QED) is 0.477. The van der Waals surface area contributed by atoms with Crippen molar-refractivity contribution in [2.24, 2.45) is 0 Å². The number of nitrogens with zero attached hydrogens (tertiary/aromatic N) is 2. The number of aromatic nitrogens is 3. The highest BCUT2D eigenvalue weighted by Crippen LogP contribution is 2.24. The summed E-state index contributed by atoms with van der Waals surface area (Å²) in [6, 6.07) is 11.7. The van der Waals surface area contributed by atoms with Crippen molar-refractivity contribution in [1.29, 1.82) is 0 Å². The predicted octanol–water partition coefficient (Wildman–Crippen LogP) is 3.75. The third kappa shape index (κ3) is 5.07. The van der Waals surface area contributed by atoms with Crippen molar-refractivity contribution < 1.29 is 9.53 Å². The van der Waals surface area contributed by atoms with E-state index in [0.29, 0.717) is 24.3 Å². The van der Waals surface area contributed by atoms with Gasteiger partial charge in [-0.25, -0.2) is 9.78 Å². The van der Waals surface area contributed by atoms with Gasteiger partial charge in [0.2, 0.25) is 5.88 Å². The van der Waals surface area contributed by atoms with Crippen molar-refractivity contribution in [3.05, 3.63) is 48.2 Å². The van der Waals surface area contributed by atoms with Crippen LogP contribution >= 0.6 is 0 Å². The number of ether oxygens (including phenoxy) is 1. The minimum absolute atomic E-state index is 0.110. The van der Waals surface area contributed by atoms with Crippen molar-refractivity contribution in [2.75, 3.05) is 18.5 Å².